The number of pyridine rings is 1. The van der Waals surface area contributed by atoms with E-state index in [2.05, 4.69) is 41.3 Å². The molecule has 1 aromatic carbocycles. The molecule has 0 radical (unpaired) electrons. The van der Waals surface area contributed by atoms with Crippen LogP contribution in [0.3, 0.4) is 0 Å². The summed E-state index contributed by atoms with van der Waals surface area (Å²) in [4.78, 5) is 7.33. The van der Waals surface area contributed by atoms with Gasteiger partial charge in [0.05, 0.1) is 24.6 Å². The van der Waals surface area contributed by atoms with Crippen LogP contribution in [0.2, 0.25) is 0 Å². The summed E-state index contributed by atoms with van der Waals surface area (Å²) >= 11 is 0. The quantitative estimate of drug-likeness (QED) is 0.799. The number of anilines is 1. The van der Waals surface area contributed by atoms with E-state index in [0.29, 0.717) is 0 Å². The zero-order valence-electron chi connectivity index (χ0n) is 14.8. The van der Waals surface area contributed by atoms with Crippen molar-refractivity contribution in [2.75, 3.05) is 32.0 Å². The van der Waals surface area contributed by atoms with Crippen molar-refractivity contribution in [3.63, 3.8) is 0 Å². The number of benzene rings is 1. The van der Waals surface area contributed by atoms with Gasteiger partial charge in [0.25, 0.3) is 0 Å². The maximum atomic E-state index is 6.04. The molecule has 2 N–H and O–H groups in total. The van der Waals surface area contributed by atoms with Crippen molar-refractivity contribution in [1.82, 2.24) is 14.3 Å². The van der Waals surface area contributed by atoms with Gasteiger partial charge in [-0.05, 0) is 43.2 Å². The minimum absolute atomic E-state index is 0.750. The van der Waals surface area contributed by atoms with Gasteiger partial charge in [0.1, 0.15) is 5.65 Å². The predicted octanol–water partition coefficient (Wildman–Crippen LogP) is 3.03. The van der Waals surface area contributed by atoms with Crippen LogP contribution in [0.1, 0.15) is 16.8 Å². The number of nitrogen functional groups attached to an aromatic ring is 1. The van der Waals surface area contributed by atoms with Crippen LogP contribution in [-0.4, -0.2) is 40.6 Å². The van der Waals surface area contributed by atoms with E-state index in [1.165, 1.54) is 16.8 Å². The number of ether oxygens (including phenoxy) is 1. The van der Waals surface area contributed by atoms with Crippen LogP contribution >= 0.6 is 0 Å². The fourth-order valence-electron chi connectivity index (χ4n) is 3.35. The SMILES string of the molecule is Cc1ccc(-c2nc3ccc(N)cn3c2CN2CCOCC2)cc1C. The first kappa shape index (κ1) is 16.1. The van der Waals surface area contributed by atoms with E-state index in [0.717, 1.165) is 55.4 Å². The molecule has 0 unspecified atom stereocenters. The highest BCUT2D eigenvalue weighted by Gasteiger charge is 2.19. The maximum absolute atomic E-state index is 6.04. The lowest BCUT2D eigenvalue weighted by atomic mass is 10.0. The minimum Gasteiger partial charge on any atom is -0.398 e. The Kier molecular flexibility index (Phi) is 4.19. The highest BCUT2D eigenvalue weighted by atomic mass is 16.5. The van der Waals surface area contributed by atoms with Crippen LogP contribution in [0.15, 0.2) is 36.5 Å². The second-order valence-corrected chi connectivity index (χ2v) is 6.79. The summed E-state index contributed by atoms with van der Waals surface area (Å²) in [5.41, 5.74) is 13.7. The molecule has 5 nitrogen and oxygen atoms in total. The van der Waals surface area contributed by atoms with Gasteiger partial charge in [-0.15, -0.1) is 0 Å². The zero-order chi connectivity index (χ0) is 17.4. The summed E-state index contributed by atoms with van der Waals surface area (Å²) in [5.74, 6) is 0. The van der Waals surface area contributed by atoms with E-state index >= 15 is 0 Å². The molecule has 2 aromatic heterocycles. The zero-order valence-corrected chi connectivity index (χ0v) is 14.8. The van der Waals surface area contributed by atoms with Crippen molar-refractivity contribution >= 4 is 11.3 Å². The van der Waals surface area contributed by atoms with Crippen molar-refractivity contribution in [2.24, 2.45) is 0 Å². The summed E-state index contributed by atoms with van der Waals surface area (Å²) in [6.07, 6.45) is 1.97. The number of aryl methyl sites for hydroxylation is 2. The molecule has 0 saturated carbocycles. The van der Waals surface area contributed by atoms with Crippen LogP contribution in [-0.2, 0) is 11.3 Å². The van der Waals surface area contributed by atoms with Crippen LogP contribution in [0, 0.1) is 13.8 Å². The average molecular weight is 336 g/mol. The van der Waals surface area contributed by atoms with Gasteiger partial charge in [-0.1, -0.05) is 12.1 Å². The van der Waals surface area contributed by atoms with E-state index in [1.54, 1.807) is 0 Å². The smallest absolute Gasteiger partial charge is 0.137 e. The predicted molar refractivity (Wildman–Crippen MR) is 101 cm³/mol. The van der Waals surface area contributed by atoms with Crippen molar-refractivity contribution in [3.05, 3.63) is 53.3 Å². The molecule has 130 valence electrons. The topological polar surface area (TPSA) is 55.8 Å². The third-order valence-corrected chi connectivity index (χ3v) is 5.00. The third-order valence-electron chi connectivity index (χ3n) is 5.00. The van der Waals surface area contributed by atoms with E-state index in [4.69, 9.17) is 15.5 Å². The van der Waals surface area contributed by atoms with Gasteiger partial charge in [-0.2, -0.15) is 0 Å². The van der Waals surface area contributed by atoms with Crippen molar-refractivity contribution in [3.8, 4) is 11.3 Å². The van der Waals surface area contributed by atoms with Crippen LogP contribution < -0.4 is 5.73 Å². The lowest BCUT2D eigenvalue weighted by Crippen LogP contribution is -2.36. The summed E-state index contributed by atoms with van der Waals surface area (Å²) in [6.45, 7) is 8.60. The second kappa shape index (κ2) is 6.50. The normalized spacial score (nSPS) is 15.8. The molecule has 1 fully saturated rings. The number of nitrogens with two attached hydrogens (primary N) is 1. The van der Waals surface area contributed by atoms with Gasteiger partial charge in [0.15, 0.2) is 0 Å². The number of hydrogen-bond acceptors (Lipinski definition) is 4. The van der Waals surface area contributed by atoms with Crippen LogP contribution in [0.4, 0.5) is 5.69 Å². The molecular weight excluding hydrogens is 312 g/mol. The largest absolute Gasteiger partial charge is 0.398 e. The Bertz CT molecular complexity index is 909. The van der Waals surface area contributed by atoms with Crippen LogP contribution in [0.5, 0.6) is 0 Å². The molecule has 4 rings (SSSR count). The number of fused-ring (bicyclic) bond motifs is 1. The highest BCUT2D eigenvalue weighted by Crippen LogP contribution is 2.28. The van der Waals surface area contributed by atoms with Gasteiger partial charge in [0, 0.05) is 37.1 Å². The van der Waals surface area contributed by atoms with Gasteiger partial charge < -0.3 is 14.9 Å². The Labute approximate surface area is 148 Å². The minimum atomic E-state index is 0.750. The Balaban J connectivity index is 1.83. The number of morpholine rings is 1. The average Bonchev–Trinajstić information content (AvgIpc) is 2.96. The number of rotatable bonds is 3. The lowest BCUT2D eigenvalue weighted by Gasteiger charge is -2.26. The number of nitrogens with zero attached hydrogens (tertiary/aromatic N) is 3. The molecule has 1 aliphatic rings. The van der Waals surface area contributed by atoms with Crippen molar-refractivity contribution in [2.45, 2.75) is 20.4 Å². The number of hydrogen-bond donors (Lipinski definition) is 1. The maximum Gasteiger partial charge on any atom is 0.137 e. The van der Waals surface area contributed by atoms with Crippen molar-refractivity contribution < 1.29 is 4.74 Å². The molecule has 1 aliphatic heterocycles. The Morgan fingerprint density at radius 2 is 1.88 bits per heavy atom. The van der Waals surface area contributed by atoms with Gasteiger partial charge in [0.2, 0.25) is 0 Å². The fraction of sp³-hybridized carbons (Fsp3) is 0.350. The monoisotopic (exact) mass is 336 g/mol. The summed E-state index contributed by atoms with van der Waals surface area (Å²) in [7, 11) is 0. The second-order valence-electron chi connectivity index (χ2n) is 6.79. The molecule has 1 saturated heterocycles. The molecule has 0 bridgehead atoms. The van der Waals surface area contributed by atoms with Gasteiger partial charge in [-0.25, -0.2) is 4.98 Å². The van der Waals surface area contributed by atoms with Gasteiger partial charge >= 0.3 is 0 Å². The molecule has 5 heteroatoms. The van der Waals surface area contributed by atoms with Gasteiger partial charge in [-0.3, -0.25) is 4.90 Å². The molecule has 25 heavy (non-hydrogen) atoms. The lowest BCUT2D eigenvalue weighted by molar-refractivity contribution is 0.0336. The molecule has 0 atom stereocenters. The number of imidazole rings is 1. The van der Waals surface area contributed by atoms with Crippen LogP contribution in [0.25, 0.3) is 16.9 Å². The van der Waals surface area contributed by atoms with Crippen molar-refractivity contribution in [1.29, 1.82) is 0 Å². The Hall–Kier alpha value is -2.37. The molecular formula is C20H24N4O. The Morgan fingerprint density at radius 3 is 2.64 bits per heavy atom. The third kappa shape index (κ3) is 3.13. The first-order valence-corrected chi connectivity index (χ1v) is 8.76. The highest BCUT2D eigenvalue weighted by molar-refractivity contribution is 5.68. The molecule has 3 heterocycles. The summed E-state index contributed by atoms with van der Waals surface area (Å²) in [5, 5.41) is 0. The molecule has 0 spiro atoms. The first-order chi connectivity index (χ1) is 12.1. The first-order valence-electron chi connectivity index (χ1n) is 8.76. The molecule has 0 amide bonds. The van der Waals surface area contributed by atoms with E-state index < -0.39 is 0 Å². The summed E-state index contributed by atoms with van der Waals surface area (Å²) in [6, 6.07) is 10.5. The standard InChI is InChI=1S/C20H24N4O/c1-14-3-4-16(11-15(14)2)20-18(13-23-7-9-25-10-8-23)24-12-17(21)5-6-19(24)22-20/h3-6,11-12H,7-10,13,21H2,1-2H3. The Morgan fingerprint density at radius 1 is 1.08 bits per heavy atom. The fourth-order valence-corrected chi connectivity index (χ4v) is 3.35. The number of aromatic nitrogens is 2. The summed E-state index contributed by atoms with van der Waals surface area (Å²) < 4.78 is 7.62. The molecule has 0 aliphatic carbocycles. The van der Waals surface area contributed by atoms with E-state index in [-0.39, 0.29) is 0 Å². The van der Waals surface area contributed by atoms with E-state index in [1.807, 2.05) is 18.3 Å². The van der Waals surface area contributed by atoms with E-state index in [9.17, 15) is 0 Å². The molecule has 3 aromatic rings.